The molecule has 1 unspecified atom stereocenters. The molecule has 0 saturated carbocycles. The number of carboxylic acids is 2. The first-order chi connectivity index (χ1) is 8.26. The zero-order valence-corrected chi connectivity index (χ0v) is 11.3. The molecule has 0 heterocycles. The van der Waals surface area contributed by atoms with E-state index in [4.69, 9.17) is 5.11 Å². The Morgan fingerprint density at radius 3 is 2.28 bits per heavy atom. The van der Waals surface area contributed by atoms with Gasteiger partial charge >= 0.3 is 11.9 Å². The molecule has 0 fully saturated rings. The van der Waals surface area contributed by atoms with Gasteiger partial charge in [0.25, 0.3) is 0 Å². The molecule has 0 aromatic heterocycles. The van der Waals surface area contributed by atoms with Crippen LogP contribution in [0.1, 0.15) is 40.5 Å². The Morgan fingerprint density at radius 1 is 1.39 bits per heavy atom. The smallest absolute Gasteiger partial charge is 0.331 e. The van der Waals surface area contributed by atoms with Gasteiger partial charge in [0.15, 0.2) is 0 Å². The molecule has 0 aromatic carbocycles. The Balaban J connectivity index is 3.44. The third kappa shape index (κ3) is 2.19. The summed E-state index contributed by atoms with van der Waals surface area (Å²) < 4.78 is 0. The molecular weight excluding hydrogens is 232 g/mol. The number of carboxylic acid groups (broad SMARTS) is 2. The van der Waals surface area contributed by atoms with E-state index in [9.17, 15) is 14.7 Å². The van der Waals surface area contributed by atoms with Gasteiger partial charge in [-0.15, -0.1) is 0 Å². The molecule has 1 aliphatic carbocycles. The van der Waals surface area contributed by atoms with Crippen molar-refractivity contribution in [1.29, 1.82) is 0 Å². The van der Waals surface area contributed by atoms with Gasteiger partial charge in [0.2, 0.25) is 0 Å². The Morgan fingerprint density at radius 2 is 1.94 bits per heavy atom. The van der Waals surface area contributed by atoms with Crippen LogP contribution in [-0.2, 0) is 9.59 Å². The van der Waals surface area contributed by atoms with Gasteiger partial charge in [0.05, 0.1) is 5.41 Å². The molecule has 0 aromatic rings. The SMILES string of the molecule is CCC1(C(=O)O)CC(C(=O)O)=C(C)C=C1C(C)C. The molecule has 1 rings (SSSR count). The quantitative estimate of drug-likeness (QED) is 0.806. The summed E-state index contributed by atoms with van der Waals surface area (Å²) >= 11 is 0. The monoisotopic (exact) mass is 252 g/mol. The lowest BCUT2D eigenvalue weighted by molar-refractivity contribution is -0.147. The molecule has 100 valence electrons. The Kier molecular flexibility index (Phi) is 3.99. The first kappa shape index (κ1) is 14.5. The van der Waals surface area contributed by atoms with Crippen molar-refractivity contribution in [3.8, 4) is 0 Å². The van der Waals surface area contributed by atoms with Gasteiger partial charge in [-0.3, -0.25) is 4.79 Å². The fraction of sp³-hybridized carbons (Fsp3) is 0.571. The van der Waals surface area contributed by atoms with Gasteiger partial charge in [0.1, 0.15) is 0 Å². The normalized spacial score (nSPS) is 24.2. The first-order valence-corrected chi connectivity index (χ1v) is 6.14. The predicted molar refractivity (Wildman–Crippen MR) is 68.2 cm³/mol. The topological polar surface area (TPSA) is 74.6 Å². The number of hydrogen-bond acceptors (Lipinski definition) is 2. The van der Waals surface area contributed by atoms with Gasteiger partial charge in [-0.05, 0) is 36.8 Å². The van der Waals surface area contributed by atoms with E-state index in [1.807, 2.05) is 13.8 Å². The van der Waals surface area contributed by atoms with E-state index in [0.717, 1.165) is 5.57 Å². The van der Waals surface area contributed by atoms with Crippen molar-refractivity contribution >= 4 is 11.9 Å². The third-order valence-electron chi connectivity index (χ3n) is 3.77. The third-order valence-corrected chi connectivity index (χ3v) is 3.77. The summed E-state index contributed by atoms with van der Waals surface area (Å²) in [6, 6.07) is 0. The summed E-state index contributed by atoms with van der Waals surface area (Å²) in [7, 11) is 0. The second-order valence-corrected chi connectivity index (χ2v) is 5.14. The molecule has 0 saturated heterocycles. The van der Waals surface area contributed by atoms with Gasteiger partial charge in [-0.1, -0.05) is 26.8 Å². The Bertz CT molecular complexity index is 443. The molecule has 18 heavy (non-hydrogen) atoms. The van der Waals surface area contributed by atoms with Crippen LogP contribution in [0.25, 0.3) is 0 Å². The molecule has 0 aliphatic heterocycles. The van der Waals surface area contributed by atoms with Gasteiger partial charge < -0.3 is 10.2 Å². The summed E-state index contributed by atoms with van der Waals surface area (Å²) in [6.45, 7) is 7.41. The highest BCUT2D eigenvalue weighted by Gasteiger charge is 2.45. The van der Waals surface area contributed by atoms with Crippen molar-refractivity contribution in [3.05, 3.63) is 22.8 Å². The number of carbonyl (C=O) groups is 2. The summed E-state index contributed by atoms with van der Waals surface area (Å²) in [4.78, 5) is 22.8. The molecule has 0 spiro atoms. The maximum Gasteiger partial charge on any atom is 0.331 e. The standard InChI is InChI=1S/C14H20O4/c1-5-14(13(17)18)7-10(12(15)16)9(4)6-11(14)8(2)3/h6,8H,5,7H2,1-4H3,(H,15,16)(H,17,18). The van der Waals surface area contributed by atoms with Crippen LogP contribution in [0, 0.1) is 11.3 Å². The molecule has 2 N–H and O–H groups in total. The summed E-state index contributed by atoms with van der Waals surface area (Å²) in [5.74, 6) is -1.87. The summed E-state index contributed by atoms with van der Waals surface area (Å²) in [5.41, 5.74) is 0.627. The van der Waals surface area contributed by atoms with Crippen LogP contribution in [0.5, 0.6) is 0 Å². The van der Waals surface area contributed by atoms with Crippen molar-refractivity contribution in [2.45, 2.75) is 40.5 Å². The van der Waals surface area contributed by atoms with E-state index in [-0.39, 0.29) is 17.9 Å². The molecular formula is C14H20O4. The second kappa shape index (κ2) is 4.96. The second-order valence-electron chi connectivity index (χ2n) is 5.14. The lowest BCUT2D eigenvalue weighted by Crippen LogP contribution is -2.38. The van der Waals surface area contributed by atoms with Gasteiger partial charge in [0, 0.05) is 5.57 Å². The predicted octanol–water partition coefficient (Wildman–Crippen LogP) is 2.85. The van der Waals surface area contributed by atoms with E-state index in [0.29, 0.717) is 12.0 Å². The van der Waals surface area contributed by atoms with Crippen molar-refractivity contribution in [2.24, 2.45) is 11.3 Å². The Hall–Kier alpha value is -1.58. The van der Waals surface area contributed by atoms with Crippen LogP contribution in [-0.4, -0.2) is 22.2 Å². The summed E-state index contributed by atoms with van der Waals surface area (Å²) in [6.07, 6.45) is 2.22. The van der Waals surface area contributed by atoms with E-state index in [1.165, 1.54) is 0 Å². The van der Waals surface area contributed by atoms with E-state index >= 15 is 0 Å². The number of rotatable bonds is 4. The first-order valence-electron chi connectivity index (χ1n) is 6.14. The maximum atomic E-state index is 11.6. The lowest BCUT2D eigenvalue weighted by Gasteiger charge is -2.37. The van der Waals surface area contributed by atoms with Gasteiger partial charge in [-0.2, -0.15) is 0 Å². The van der Waals surface area contributed by atoms with Crippen LogP contribution < -0.4 is 0 Å². The van der Waals surface area contributed by atoms with E-state index in [2.05, 4.69) is 0 Å². The minimum atomic E-state index is -1.07. The van der Waals surface area contributed by atoms with Crippen molar-refractivity contribution in [2.75, 3.05) is 0 Å². The lowest BCUT2D eigenvalue weighted by atomic mass is 9.65. The number of aliphatic carboxylic acids is 2. The number of allylic oxidation sites excluding steroid dienone is 2. The van der Waals surface area contributed by atoms with Gasteiger partial charge in [-0.25, -0.2) is 4.79 Å². The highest BCUT2D eigenvalue weighted by atomic mass is 16.4. The highest BCUT2D eigenvalue weighted by Crippen LogP contribution is 2.46. The largest absolute Gasteiger partial charge is 0.481 e. The molecule has 4 heteroatoms. The molecule has 0 amide bonds. The minimum Gasteiger partial charge on any atom is -0.481 e. The van der Waals surface area contributed by atoms with Crippen molar-refractivity contribution in [3.63, 3.8) is 0 Å². The molecule has 1 atom stereocenters. The van der Waals surface area contributed by atoms with Crippen LogP contribution >= 0.6 is 0 Å². The zero-order valence-electron chi connectivity index (χ0n) is 11.3. The molecule has 0 bridgehead atoms. The maximum absolute atomic E-state index is 11.6. The fourth-order valence-electron chi connectivity index (χ4n) is 2.64. The average molecular weight is 252 g/mol. The Labute approximate surface area is 107 Å². The van der Waals surface area contributed by atoms with E-state index < -0.39 is 17.4 Å². The zero-order chi connectivity index (χ0) is 14.1. The van der Waals surface area contributed by atoms with Crippen LogP contribution in [0.15, 0.2) is 22.8 Å². The molecule has 0 radical (unpaired) electrons. The number of hydrogen-bond donors (Lipinski definition) is 2. The fourth-order valence-corrected chi connectivity index (χ4v) is 2.64. The van der Waals surface area contributed by atoms with Crippen LogP contribution in [0.3, 0.4) is 0 Å². The molecule has 4 nitrogen and oxygen atoms in total. The van der Waals surface area contributed by atoms with Crippen LogP contribution in [0.2, 0.25) is 0 Å². The van der Waals surface area contributed by atoms with Crippen LogP contribution in [0.4, 0.5) is 0 Å². The van der Waals surface area contributed by atoms with E-state index in [1.54, 1.807) is 19.9 Å². The van der Waals surface area contributed by atoms with Crippen molar-refractivity contribution < 1.29 is 19.8 Å². The molecule has 1 aliphatic rings. The summed E-state index contributed by atoms with van der Waals surface area (Å²) in [5, 5.41) is 18.7. The highest BCUT2D eigenvalue weighted by molar-refractivity contribution is 5.92. The van der Waals surface area contributed by atoms with Crippen molar-refractivity contribution in [1.82, 2.24) is 0 Å². The minimum absolute atomic E-state index is 0.0734. The average Bonchev–Trinajstić information content (AvgIpc) is 2.27.